The summed E-state index contributed by atoms with van der Waals surface area (Å²) in [5.74, 6) is -9.07. The van der Waals surface area contributed by atoms with Crippen LogP contribution in [0.1, 0.15) is 96.6 Å². The lowest BCUT2D eigenvalue weighted by Gasteiger charge is -2.67. The molecule has 0 aromatic heterocycles. The number of hydrogen-bond acceptors (Lipinski definition) is 23. The van der Waals surface area contributed by atoms with Crippen molar-refractivity contribution < 1.29 is 115 Å². The number of rotatable bonds is 17. The second-order valence-electron chi connectivity index (χ2n) is 21.5. The minimum atomic E-state index is -3.92. The van der Waals surface area contributed by atoms with Crippen molar-refractivity contribution in [3.63, 3.8) is 0 Å². The topological polar surface area (TPSA) is 377 Å². The summed E-state index contributed by atoms with van der Waals surface area (Å²) in [6, 6.07) is 12.6. The number of benzene rings is 2. The number of Topliss-reactive ketones (excluding diaryl/α,β-unsaturated/α-hetero) is 1. The largest absolute Gasteiger partial charge is 0.748 e. The molecule has 26 heteroatoms. The minimum Gasteiger partial charge on any atom is -0.748 e. The molecule has 4 aliphatic rings. The Morgan fingerprint density at radius 3 is 2.05 bits per heavy atom. The number of methoxy groups -OCH3 is 1. The van der Waals surface area contributed by atoms with E-state index in [1.165, 1.54) is 59.1 Å². The fourth-order valence-electron chi connectivity index (χ4n) is 10.7. The van der Waals surface area contributed by atoms with E-state index in [1.807, 2.05) is 0 Å². The summed E-state index contributed by atoms with van der Waals surface area (Å²) in [4.78, 5) is 110. The molecule has 12 atom stereocenters. The second kappa shape index (κ2) is 25.0. The molecule has 25 nitrogen and oxygen atoms in total. The van der Waals surface area contributed by atoms with E-state index in [2.05, 4.69) is 11.1 Å². The number of ether oxygens (including phenoxy) is 9. The van der Waals surface area contributed by atoms with Gasteiger partial charge in [0.25, 0.3) is 0 Å². The highest BCUT2D eigenvalue weighted by atomic mass is 32.2. The second-order valence-corrected chi connectivity index (χ2v) is 22.9. The van der Waals surface area contributed by atoms with E-state index in [-0.39, 0.29) is 48.5 Å². The maximum atomic E-state index is 15.2. The molecule has 2 saturated carbocycles. The summed E-state index contributed by atoms with van der Waals surface area (Å²) >= 11 is 0. The SMILES string of the molecule is COCCOC(=O)[C@@H]([NH3+])CC(=O)OCC(=O)O[C@@H](C(=O)O[C@H]1C[C@@]2(O)[C@@H](OC(=O)c3ccccc3)[C@@H]3[C@]4(OC(C)=O)CO[C@@H]4C[C@H](O)[C@@]3(C)C(=O)[C@H](O)C(=C1C)C2(C)C)[C@@H](NC(=O)OC(C)(C)C)c1ccccc1.CS(=O)(=O)[O-]. The summed E-state index contributed by atoms with van der Waals surface area (Å²) in [5, 5.41) is 40.8. The van der Waals surface area contributed by atoms with Crippen LogP contribution >= 0.6 is 0 Å². The summed E-state index contributed by atoms with van der Waals surface area (Å²) in [7, 11) is -2.52. The molecule has 0 spiro atoms. The van der Waals surface area contributed by atoms with Gasteiger partial charge in [-0.25, -0.2) is 32.4 Å². The van der Waals surface area contributed by atoms with Crippen LogP contribution in [0.2, 0.25) is 0 Å². The first-order chi connectivity index (χ1) is 36.6. The van der Waals surface area contributed by atoms with E-state index in [0.717, 1.165) is 6.92 Å². The van der Waals surface area contributed by atoms with E-state index < -0.39 is 160 Å². The number of alkyl carbamates (subject to hydrolysis) is 1. The number of carbonyl (C=O) groups excluding carboxylic acids is 8. The van der Waals surface area contributed by atoms with Crippen molar-refractivity contribution in [1.82, 2.24) is 5.32 Å². The number of quaternary nitrogens is 1. The number of carbonyl (C=O) groups is 8. The molecule has 0 radical (unpaired) electrons. The van der Waals surface area contributed by atoms with Gasteiger partial charge in [-0.05, 0) is 63.5 Å². The Kier molecular flexibility index (Phi) is 20.0. The number of hydrogen-bond donors (Lipinski definition) is 5. The minimum absolute atomic E-state index is 0.0143. The highest BCUT2D eigenvalue weighted by Crippen LogP contribution is 2.64. The van der Waals surface area contributed by atoms with Crippen LogP contribution in [0.15, 0.2) is 71.8 Å². The van der Waals surface area contributed by atoms with Crippen molar-refractivity contribution in [3.8, 4) is 0 Å². The third-order valence-electron chi connectivity index (χ3n) is 14.4. The molecule has 3 fully saturated rings. The quantitative estimate of drug-likeness (QED) is 0.0478. The smallest absolute Gasteiger partial charge is 0.408 e. The molecule has 436 valence electrons. The third-order valence-corrected chi connectivity index (χ3v) is 14.4. The Morgan fingerprint density at radius 2 is 1.51 bits per heavy atom. The fraction of sp³-hybridized carbons (Fsp3) is 0.585. The predicted molar refractivity (Wildman–Crippen MR) is 268 cm³/mol. The first-order valence-corrected chi connectivity index (χ1v) is 26.8. The van der Waals surface area contributed by atoms with E-state index >= 15 is 9.59 Å². The number of aliphatic hydroxyl groups excluding tert-OH is 2. The maximum absolute atomic E-state index is 15.2. The van der Waals surface area contributed by atoms with Crippen molar-refractivity contribution in [2.24, 2.45) is 16.7 Å². The van der Waals surface area contributed by atoms with Crippen molar-refractivity contribution in [3.05, 3.63) is 82.9 Å². The van der Waals surface area contributed by atoms with E-state index in [0.29, 0.717) is 6.26 Å². The van der Waals surface area contributed by atoms with Crippen LogP contribution in [-0.2, 0) is 81.5 Å². The Hall–Kier alpha value is -6.39. The van der Waals surface area contributed by atoms with E-state index in [1.54, 1.807) is 57.2 Å². The van der Waals surface area contributed by atoms with Gasteiger partial charge in [0.2, 0.25) is 6.10 Å². The molecule has 3 aliphatic carbocycles. The number of fused-ring (bicyclic) bond motifs is 5. The lowest BCUT2D eigenvalue weighted by molar-refractivity contribution is -0.408. The van der Waals surface area contributed by atoms with Gasteiger partial charge >= 0.3 is 41.9 Å². The molecule has 1 amide bonds. The molecule has 1 heterocycles. The van der Waals surface area contributed by atoms with Crippen LogP contribution in [0.3, 0.4) is 0 Å². The summed E-state index contributed by atoms with van der Waals surface area (Å²) < 4.78 is 77.9. The van der Waals surface area contributed by atoms with Crippen LogP contribution in [0, 0.1) is 16.7 Å². The van der Waals surface area contributed by atoms with Gasteiger partial charge in [-0.1, -0.05) is 62.4 Å². The van der Waals surface area contributed by atoms with Gasteiger partial charge in [0.1, 0.15) is 54.7 Å². The van der Waals surface area contributed by atoms with E-state index in [4.69, 9.17) is 55.6 Å². The zero-order chi connectivity index (χ0) is 59.2. The molecular weight excluding hydrogens is 1060 g/mol. The monoisotopic (exact) mass is 1130 g/mol. The van der Waals surface area contributed by atoms with Gasteiger partial charge in [-0.15, -0.1) is 0 Å². The van der Waals surface area contributed by atoms with Crippen LogP contribution < -0.4 is 11.1 Å². The molecule has 7 N–H and O–H groups in total. The zero-order valence-corrected chi connectivity index (χ0v) is 46.4. The first-order valence-electron chi connectivity index (χ1n) is 25.0. The summed E-state index contributed by atoms with van der Waals surface area (Å²) in [6.45, 7) is 10.1. The molecule has 0 unspecified atom stereocenters. The highest BCUT2D eigenvalue weighted by molar-refractivity contribution is 7.84. The van der Waals surface area contributed by atoms with Crippen molar-refractivity contribution in [1.29, 1.82) is 0 Å². The standard InChI is InChI=1S/C52H66N2O20.CH4O3S/c1-27-32(70-46(63)40(38(29-16-12-10-13-17-29)54-47(64)74-48(3,4)5)71-36(58)25-68-35(57)22-31(53)45(62)67-21-20-66-9)24-52(65)43(72-44(61)30-18-14-11-15-19-30)41-50(8,42(60)39(59)37(27)49(52,6)7)33(56)23-34-51(41,26-69-34)73-28(2)55;1-5(2,3)4/h10-19,31-34,38-41,43,56,59,65H,20-26,53H2,1-9H3,(H,54,64);1H3,(H,2,3,4)/t31-,32-,33-,34+,38-,39+,40+,41-,43-,50+,51-,52+;/m0./s1. The van der Waals surface area contributed by atoms with Crippen LogP contribution in [0.4, 0.5) is 4.79 Å². The van der Waals surface area contributed by atoms with Gasteiger partial charge in [0, 0.05) is 38.5 Å². The van der Waals surface area contributed by atoms with Crippen molar-refractivity contribution in [2.45, 2.75) is 140 Å². The number of amides is 1. The van der Waals surface area contributed by atoms with Gasteiger partial charge < -0.3 is 73.6 Å². The lowest BCUT2D eigenvalue weighted by Crippen LogP contribution is -2.81. The average Bonchev–Trinajstić information content (AvgIpc) is 3.54. The third kappa shape index (κ3) is 14.3. The molecule has 6 rings (SSSR count). The molecule has 79 heavy (non-hydrogen) atoms. The van der Waals surface area contributed by atoms with Gasteiger partial charge in [0.15, 0.2) is 24.0 Å². The van der Waals surface area contributed by atoms with Gasteiger partial charge in [-0.2, -0.15) is 0 Å². The number of ketones is 1. The molecule has 2 aromatic rings. The Balaban J connectivity index is 0.00000219. The maximum Gasteiger partial charge on any atom is 0.408 e. The average molecular weight is 1140 g/mol. The van der Waals surface area contributed by atoms with Crippen LogP contribution in [0.5, 0.6) is 0 Å². The van der Waals surface area contributed by atoms with Crippen LogP contribution in [-0.4, -0.2) is 175 Å². The van der Waals surface area contributed by atoms with Gasteiger partial charge in [0.05, 0.1) is 46.3 Å². The Morgan fingerprint density at radius 1 is 0.911 bits per heavy atom. The summed E-state index contributed by atoms with van der Waals surface area (Å²) in [5.41, 5.74) is -5.64. The predicted octanol–water partition coefficient (Wildman–Crippen LogP) is 0.705. The summed E-state index contributed by atoms with van der Waals surface area (Å²) in [6.07, 6.45) is -12.6. The van der Waals surface area contributed by atoms with Gasteiger partial charge in [-0.3, -0.25) is 14.4 Å². The Bertz CT molecular complexity index is 2740. The molecule has 1 aliphatic heterocycles. The number of nitrogens with one attached hydrogen (secondary N) is 1. The van der Waals surface area contributed by atoms with Crippen molar-refractivity contribution in [2.75, 3.05) is 39.8 Å². The number of aliphatic hydroxyl groups is 3. The van der Waals surface area contributed by atoms with E-state index in [9.17, 15) is 44.1 Å². The first kappa shape index (κ1) is 63.4. The molecule has 2 aromatic carbocycles. The van der Waals surface area contributed by atoms with Crippen LogP contribution in [0.25, 0.3) is 0 Å². The molecule has 2 bridgehead atoms. The normalized spacial score (nSPS) is 28.0. The molecular formula is C53H70N2O23S. The van der Waals surface area contributed by atoms with Crippen molar-refractivity contribution >= 4 is 57.8 Å². The Labute approximate surface area is 456 Å². The molecule has 1 saturated heterocycles. The zero-order valence-electron chi connectivity index (χ0n) is 45.5. The highest BCUT2D eigenvalue weighted by Gasteiger charge is 2.78. The number of esters is 6. The lowest BCUT2D eigenvalue weighted by atomic mass is 9.44. The fourth-order valence-corrected chi connectivity index (χ4v) is 10.7.